The van der Waals surface area contributed by atoms with Gasteiger partial charge in [-0.2, -0.15) is 5.10 Å². The van der Waals surface area contributed by atoms with Crippen molar-refractivity contribution >= 4 is 32.2 Å². The number of pyridine rings is 1. The molecule has 0 bridgehead atoms. The zero-order valence-corrected chi connectivity index (χ0v) is 13.1. The van der Waals surface area contributed by atoms with Crippen LogP contribution < -0.4 is 10.9 Å². The predicted octanol–water partition coefficient (Wildman–Crippen LogP) is 1.71. The molecule has 1 atom stereocenters. The highest BCUT2D eigenvalue weighted by Gasteiger charge is 2.33. The Morgan fingerprint density at radius 2 is 2.13 bits per heavy atom. The Kier molecular flexibility index (Phi) is 2.86. The van der Waals surface area contributed by atoms with Crippen LogP contribution in [0, 0.1) is 0 Å². The summed E-state index contributed by atoms with van der Waals surface area (Å²) in [5.41, 5.74) is 1.88. The molecular formula is C15H14N4O3S. The number of hydrogen-bond acceptors (Lipinski definition) is 5. The maximum absolute atomic E-state index is 12.1. The van der Waals surface area contributed by atoms with Gasteiger partial charge in [-0.1, -0.05) is 0 Å². The first-order chi connectivity index (χ1) is 11.0. The van der Waals surface area contributed by atoms with Crippen LogP contribution in [0.1, 0.15) is 12.5 Å². The van der Waals surface area contributed by atoms with Gasteiger partial charge in [0.2, 0.25) is 0 Å². The maximum atomic E-state index is 12.1. The second kappa shape index (κ2) is 4.69. The topological polar surface area (TPSA) is 108 Å². The summed E-state index contributed by atoms with van der Waals surface area (Å²) in [5.74, 6) is 0.413. The van der Waals surface area contributed by atoms with Crippen LogP contribution in [0.2, 0.25) is 0 Å². The van der Waals surface area contributed by atoms with Gasteiger partial charge in [-0.15, -0.1) is 0 Å². The summed E-state index contributed by atoms with van der Waals surface area (Å²) in [6.45, 7) is 1.71. The van der Waals surface area contributed by atoms with E-state index in [0.29, 0.717) is 33.7 Å². The normalized spacial score (nSPS) is 18.9. The van der Waals surface area contributed by atoms with Crippen LogP contribution in [0.25, 0.3) is 10.9 Å². The minimum absolute atomic E-state index is 0.240. The SMILES string of the molecule is CC1Cc2cc(Nc3n[nH]c4cc[nH]c(=O)c34)ccc2S1(=O)=O. The number of nitrogens with zero attached hydrogens (tertiary/aromatic N) is 1. The fraction of sp³-hybridized carbons (Fsp3) is 0.200. The van der Waals surface area contributed by atoms with Crippen molar-refractivity contribution in [2.45, 2.75) is 23.5 Å². The highest BCUT2D eigenvalue weighted by molar-refractivity contribution is 7.92. The molecule has 0 aliphatic carbocycles. The lowest BCUT2D eigenvalue weighted by Gasteiger charge is -2.05. The molecule has 1 aliphatic heterocycles. The Labute approximate surface area is 131 Å². The number of aromatic amines is 2. The molecule has 1 aromatic carbocycles. The number of aromatic nitrogens is 3. The Bertz CT molecular complexity index is 1080. The number of anilines is 2. The lowest BCUT2D eigenvalue weighted by molar-refractivity contribution is 0.590. The largest absolute Gasteiger partial charge is 0.338 e. The Morgan fingerprint density at radius 3 is 2.96 bits per heavy atom. The van der Waals surface area contributed by atoms with Crippen LogP contribution in [-0.4, -0.2) is 28.8 Å². The van der Waals surface area contributed by atoms with Gasteiger partial charge in [-0.25, -0.2) is 8.42 Å². The first-order valence-electron chi connectivity index (χ1n) is 7.16. The monoisotopic (exact) mass is 330 g/mol. The third-order valence-electron chi connectivity index (χ3n) is 4.15. The van der Waals surface area contributed by atoms with E-state index >= 15 is 0 Å². The molecule has 23 heavy (non-hydrogen) atoms. The number of sulfone groups is 1. The molecule has 7 nitrogen and oxygen atoms in total. The van der Waals surface area contributed by atoms with Gasteiger partial charge in [-0.05, 0) is 43.2 Å². The molecular weight excluding hydrogens is 316 g/mol. The summed E-state index contributed by atoms with van der Waals surface area (Å²) >= 11 is 0. The van der Waals surface area contributed by atoms with E-state index in [1.165, 1.54) is 0 Å². The minimum Gasteiger partial charge on any atom is -0.338 e. The molecule has 4 rings (SSSR count). The van der Waals surface area contributed by atoms with E-state index in [-0.39, 0.29) is 5.56 Å². The Balaban J connectivity index is 1.76. The predicted molar refractivity (Wildman–Crippen MR) is 86.8 cm³/mol. The average Bonchev–Trinajstić information content (AvgIpc) is 3.00. The van der Waals surface area contributed by atoms with Crippen molar-refractivity contribution in [3.05, 3.63) is 46.4 Å². The Hall–Kier alpha value is -2.61. The van der Waals surface area contributed by atoms with Gasteiger partial charge < -0.3 is 10.3 Å². The number of fused-ring (bicyclic) bond motifs is 2. The Morgan fingerprint density at radius 1 is 1.30 bits per heavy atom. The summed E-state index contributed by atoms with van der Waals surface area (Å²) in [6.07, 6.45) is 2.04. The van der Waals surface area contributed by atoms with Crippen molar-refractivity contribution in [3.63, 3.8) is 0 Å². The van der Waals surface area contributed by atoms with Crippen molar-refractivity contribution in [2.24, 2.45) is 0 Å². The zero-order chi connectivity index (χ0) is 16.2. The molecule has 0 saturated heterocycles. The highest BCUT2D eigenvalue weighted by atomic mass is 32.2. The maximum Gasteiger partial charge on any atom is 0.261 e. The molecule has 0 fully saturated rings. The summed E-state index contributed by atoms with van der Waals surface area (Å²) < 4.78 is 24.3. The van der Waals surface area contributed by atoms with E-state index < -0.39 is 15.1 Å². The number of H-pyrrole nitrogens is 2. The lowest BCUT2D eigenvalue weighted by atomic mass is 10.1. The number of rotatable bonds is 2. The van der Waals surface area contributed by atoms with E-state index in [2.05, 4.69) is 20.5 Å². The minimum atomic E-state index is -3.21. The summed E-state index contributed by atoms with van der Waals surface area (Å²) in [7, 11) is -3.21. The van der Waals surface area contributed by atoms with Crippen molar-refractivity contribution in [3.8, 4) is 0 Å². The third kappa shape index (κ3) is 2.06. The molecule has 1 aliphatic rings. The van der Waals surface area contributed by atoms with E-state index in [1.807, 2.05) is 0 Å². The molecule has 3 N–H and O–H groups in total. The van der Waals surface area contributed by atoms with Crippen LogP contribution in [0.5, 0.6) is 0 Å². The molecule has 0 amide bonds. The van der Waals surface area contributed by atoms with E-state index in [4.69, 9.17) is 0 Å². The molecule has 0 spiro atoms. The summed E-state index contributed by atoms with van der Waals surface area (Å²) in [4.78, 5) is 14.9. The van der Waals surface area contributed by atoms with Crippen molar-refractivity contribution in [1.82, 2.24) is 15.2 Å². The van der Waals surface area contributed by atoms with Crippen molar-refractivity contribution in [1.29, 1.82) is 0 Å². The standard InChI is InChI=1S/C15H14N4O3S/c1-8-6-9-7-10(2-3-12(9)23(8,21)22)17-14-13-11(18-19-14)4-5-16-15(13)20/h2-5,7-8H,6H2,1H3,(H,16,20)(H2,17,18,19). The van der Waals surface area contributed by atoms with Gasteiger partial charge in [0.05, 0.1) is 15.7 Å². The van der Waals surface area contributed by atoms with Gasteiger partial charge in [0, 0.05) is 11.9 Å². The lowest BCUT2D eigenvalue weighted by Crippen LogP contribution is -2.11. The molecule has 0 radical (unpaired) electrons. The third-order valence-corrected chi connectivity index (χ3v) is 6.39. The van der Waals surface area contributed by atoms with Crippen LogP contribution in [-0.2, 0) is 16.3 Å². The number of nitrogens with one attached hydrogen (secondary N) is 3. The second-order valence-corrected chi connectivity index (χ2v) is 8.01. The van der Waals surface area contributed by atoms with E-state index in [9.17, 15) is 13.2 Å². The number of benzene rings is 1. The summed E-state index contributed by atoms with van der Waals surface area (Å²) in [6, 6.07) is 6.82. The molecule has 3 heterocycles. The quantitative estimate of drug-likeness (QED) is 0.663. The van der Waals surface area contributed by atoms with Crippen molar-refractivity contribution in [2.75, 3.05) is 5.32 Å². The van der Waals surface area contributed by atoms with Gasteiger partial charge in [0.15, 0.2) is 15.7 Å². The van der Waals surface area contributed by atoms with Gasteiger partial charge in [-0.3, -0.25) is 9.89 Å². The summed E-state index contributed by atoms with van der Waals surface area (Å²) in [5, 5.41) is 10.0. The van der Waals surface area contributed by atoms with Gasteiger partial charge in [0.1, 0.15) is 5.39 Å². The van der Waals surface area contributed by atoms with Gasteiger partial charge >= 0.3 is 0 Å². The van der Waals surface area contributed by atoms with Crippen LogP contribution in [0.3, 0.4) is 0 Å². The van der Waals surface area contributed by atoms with Crippen LogP contribution in [0.4, 0.5) is 11.5 Å². The highest BCUT2D eigenvalue weighted by Crippen LogP contribution is 2.33. The van der Waals surface area contributed by atoms with E-state index in [1.54, 1.807) is 37.4 Å². The van der Waals surface area contributed by atoms with Crippen LogP contribution >= 0.6 is 0 Å². The average molecular weight is 330 g/mol. The first-order valence-corrected chi connectivity index (χ1v) is 8.71. The van der Waals surface area contributed by atoms with E-state index in [0.717, 1.165) is 5.56 Å². The smallest absolute Gasteiger partial charge is 0.261 e. The molecule has 1 unspecified atom stereocenters. The molecule has 2 aromatic heterocycles. The second-order valence-electron chi connectivity index (χ2n) is 5.67. The van der Waals surface area contributed by atoms with Gasteiger partial charge in [0.25, 0.3) is 5.56 Å². The zero-order valence-electron chi connectivity index (χ0n) is 12.3. The first kappa shape index (κ1) is 14.0. The van der Waals surface area contributed by atoms with Crippen molar-refractivity contribution < 1.29 is 8.42 Å². The fourth-order valence-corrected chi connectivity index (χ4v) is 4.53. The molecule has 0 saturated carbocycles. The molecule has 3 aromatic rings. The fourth-order valence-electron chi connectivity index (χ4n) is 2.94. The number of hydrogen-bond donors (Lipinski definition) is 3. The molecule has 118 valence electrons. The van der Waals surface area contributed by atoms with Crippen LogP contribution in [0.15, 0.2) is 40.2 Å². The molecule has 8 heteroatoms.